The number of halogens is 1. The fraction of sp³-hybridized carbons (Fsp3) is 0.500. The largest absolute Gasteiger partial charge is 0.493 e. The van der Waals surface area contributed by atoms with Gasteiger partial charge in [-0.05, 0) is 68.4 Å². The molecule has 0 saturated heterocycles. The summed E-state index contributed by atoms with van der Waals surface area (Å²) in [6.45, 7) is 4.50. The van der Waals surface area contributed by atoms with Crippen LogP contribution in [0.1, 0.15) is 33.1 Å². The quantitative estimate of drug-likeness (QED) is 0.836. The van der Waals surface area contributed by atoms with E-state index in [-0.39, 0.29) is 5.92 Å². The molecular formula is C18H23FN2O. The number of hydrogen-bond acceptors (Lipinski definition) is 2. The average Bonchev–Trinajstić information content (AvgIpc) is 3.03. The van der Waals surface area contributed by atoms with Crippen LogP contribution in [0, 0.1) is 11.8 Å². The predicted molar refractivity (Wildman–Crippen MR) is 85.1 cm³/mol. The van der Waals surface area contributed by atoms with Gasteiger partial charge in [0.15, 0.2) is 0 Å². The minimum Gasteiger partial charge on any atom is -0.493 e. The molecule has 3 nitrogen and oxygen atoms in total. The third kappa shape index (κ3) is 3.49. The smallest absolute Gasteiger partial charge is 0.119 e. The Bertz CT molecular complexity index is 592. The molecule has 2 unspecified atom stereocenters. The van der Waals surface area contributed by atoms with Crippen molar-refractivity contribution in [2.24, 2.45) is 11.8 Å². The summed E-state index contributed by atoms with van der Waals surface area (Å²) in [5.74, 6) is 1.64. The molecule has 0 aliphatic heterocycles. The van der Waals surface area contributed by atoms with Gasteiger partial charge in [0, 0.05) is 12.4 Å². The fourth-order valence-corrected chi connectivity index (χ4v) is 3.16. The SMILES string of the molecule is CC1CCC(C)(F)C[C@@H]1COc1ccc(-n2cccn2)cc1. The number of rotatable bonds is 4. The molecule has 4 heteroatoms. The molecule has 1 aliphatic carbocycles. The molecule has 1 aliphatic rings. The Hall–Kier alpha value is -1.84. The highest BCUT2D eigenvalue weighted by Gasteiger charge is 2.36. The van der Waals surface area contributed by atoms with Crippen LogP contribution < -0.4 is 4.74 Å². The maximum atomic E-state index is 14.2. The maximum Gasteiger partial charge on any atom is 0.119 e. The number of ether oxygens (including phenoxy) is 1. The number of alkyl halides is 1. The molecule has 118 valence electrons. The molecule has 1 heterocycles. The van der Waals surface area contributed by atoms with Crippen LogP contribution in [0.3, 0.4) is 0 Å². The van der Waals surface area contributed by atoms with E-state index in [1.54, 1.807) is 13.1 Å². The van der Waals surface area contributed by atoms with Gasteiger partial charge in [-0.25, -0.2) is 9.07 Å². The van der Waals surface area contributed by atoms with Crippen LogP contribution in [0.2, 0.25) is 0 Å². The van der Waals surface area contributed by atoms with Gasteiger partial charge in [0.25, 0.3) is 0 Å². The van der Waals surface area contributed by atoms with Gasteiger partial charge in [-0.1, -0.05) is 6.92 Å². The predicted octanol–water partition coefficient (Wildman–Crippen LogP) is 4.42. The summed E-state index contributed by atoms with van der Waals surface area (Å²) < 4.78 is 21.9. The molecule has 1 aromatic carbocycles. The fourth-order valence-electron chi connectivity index (χ4n) is 3.16. The van der Waals surface area contributed by atoms with Crippen LogP contribution in [-0.2, 0) is 0 Å². The van der Waals surface area contributed by atoms with E-state index in [0.717, 1.165) is 17.9 Å². The Morgan fingerprint density at radius 3 is 2.82 bits per heavy atom. The lowest BCUT2D eigenvalue weighted by Crippen LogP contribution is -2.35. The minimum absolute atomic E-state index is 0.287. The summed E-state index contributed by atoms with van der Waals surface area (Å²) >= 11 is 0. The second-order valence-electron chi connectivity index (χ2n) is 6.65. The Morgan fingerprint density at radius 1 is 1.36 bits per heavy atom. The van der Waals surface area contributed by atoms with Gasteiger partial charge in [0.05, 0.1) is 12.3 Å². The first-order chi connectivity index (χ1) is 10.5. The van der Waals surface area contributed by atoms with Crippen molar-refractivity contribution >= 4 is 0 Å². The van der Waals surface area contributed by atoms with Crippen LogP contribution in [0.15, 0.2) is 42.7 Å². The van der Waals surface area contributed by atoms with E-state index in [1.807, 2.05) is 41.2 Å². The summed E-state index contributed by atoms with van der Waals surface area (Å²) in [7, 11) is 0. The van der Waals surface area contributed by atoms with Crippen molar-refractivity contribution in [1.82, 2.24) is 9.78 Å². The molecule has 3 rings (SSSR count). The number of benzene rings is 1. The number of nitrogens with zero attached hydrogens (tertiary/aromatic N) is 2. The number of hydrogen-bond donors (Lipinski definition) is 0. The molecule has 3 atom stereocenters. The molecule has 22 heavy (non-hydrogen) atoms. The van der Waals surface area contributed by atoms with Gasteiger partial charge >= 0.3 is 0 Å². The van der Waals surface area contributed by atoms with E-state index < -0.39 is 5.67 Å². The topological polar surface area (TPSA) is 27.1 Å². The Labute approximate surface area is 131 Å². The van der Waals surface area contributed by atoms with E-state index in [1.165, 1.54) is 0 Å². The standard InChI is InChI=1S/C18H23FN2O/c1-14-8-9-18(2,19)12-15(14)13-22-17-6-4-16(5-7-17)21-11-3-10-20-21/h3-7,10-11,14-15H,8-9,12-13H2,1-2H3/t14?,15-,18?/m1/s1. The summed E-state index contributed by atoms with van der Waals surface area (Å²) in [5, 5.41) is 4.20. The third-order valence-electron chi connectivity index (χ3n) is 4.68. The Balaban J connectivity index is 1.59. The van der Waals surface area contributed by atoms with Crippen LogP contribution in [-0.4, -0.2) is 22.1 Å². The van der Waals surface area contributed by atoms with Crippen molar-refractivity contribution in [3.63, 3.8) is 0 Å². The lowest BCUT2D eigenvalue weighted by molar-refractivity contribution is 0.0409. The van der Waals surface area contributed by atoms with Crippen molar-refractivity contribution in [3.05, 3.63) is 42.7 Å². The molecule has 1 fully saturated rings. The summed E-state index contributed by atoms with van der Waals surface area (Å²) in [6, 6.07) is 9.74. The van der Waals surface area contributed by atoms with Gasteiger partial charge in [-0.15, -0.1) is 0 Å². The maximum absolute atomic E-state index is 14.2. The first-order valence-electron chi connectivity index (χ1n) is 7.95. The van der Waals surface area contributed by atoms with Crippen molar-refractivity contribution < 1.29 is 9.13 Å². The van der Waals surface area contributed by atoms with E-state index in [9.17, 15) is 4.39 Å². The Kier molecular flexibility index (Phi) is 4.19. The molecule has 2 aromatic rings. The van der Waals surface area contributed by atoms with Gasteiger partial charge in [0.2, 0.25) is 0 Å². The van der Waals surface area contributed by atoms with Gasteiger partial charge in [-0.3, -0.25) is 0 Å². The molecular weight excluding hydrogens is 279 g/mol. The second kappa shape index (κ2) is 6.11. The molecule has 0 amide bonds. The molecule has 0 N–H and O–H groups in total. The summed E-state index contributed by atoms with van der Waals surface area (Å²) in [6.07, 6.45) is 5.87. The minimum atomic E-state index is -1.04. The first kappa shape index (κ1) is 15.1. The van der Waals surface area contributed by atoms with E-state index in [2.05, 4.69) is 12.0 Å². The van der Waals surface area contributed by atoms with Gasteiger partial charge in [0.1, 0.15) is 11.4 Å². The zero-order valence-electron chi connectivity index (χ0n) is 13.2. The molecule has 1 saturated carbocycles. The summed E-state index contributed by atoms with van der Waals surface area (Å²) in [5.41, 5.74) is -0.0375. The highest BCUT2D eigenvalue weighted by molar-refractivity contribution is 5.36. The molecule has 0 spiro atoms. The highest BCUT2D eigenvalue weighted by atomic mass is 19.1. The van der Waals surface area contributed by atoms with Crippen molar-refractivity contribution in [2.75, 3.05) is 6.61 Å². The van der Waals surface area contributed by atoms with Gasteiger partial charge in [-0.2, -0.15) is 5.10 Å². The van der Waals surface area contributed by atoms with Crippen LogP contribution in [0.5, 0.6) is 5.75 Å². The molecule has 1 aromatic heterocycles. The Morgan fingerprint density at radius 2 is 2.14 bits per heavy atom. The second-order valence-corrected chi connectivity index (χ2v) is 6.65. The van der Waals surface area contributed by atoms with Crippen molar-refractivity contribution in [2.45, 2.75) is 38.8 Å². The monoisotopic (exact) mass is 302 g/mol. The van der Waals surface area contributed by atoms with E-state index >= 15 is 0 Å². The van der Waals surface area contributed by atoms with Crippen molar-refractivity contribution in [1.29, 1.82) is 0 Å². The lowest BCUT2D eigenvalue weighted by Gasteiger charge is -2.36. The van der Waals surface area contributed by atoms with Crippen molar-refractivity contribution in [3.8, 4) is 11.4 Å². The zero-order chi connectivity index (χ0) is 15.6. The normalized spacial score (nSPS) is 28.5. The van der Waals surface area contributed by atoms with Crippen LogP contribution in [0.4, 0.5) is 4.39 Å². The third-order valence-corrected chi connectivity index (χ3v) is 4.68. The molecule has 0 radical (unpaired) electrons. The van der Waals surface area contributed by atoms with Crippen LogP contribution in [0.25, 0.3) is 5.69 Å². The van der Waals surface area contributed by atoms with E-state index in [0.29, 0.717) is 25.4 Å². The van der Waals surface area contributed by atoms with Crippen LogP contribution >= 0.6 is 0 Å². The summed E-state index contributed by atoms with van der Waals surface area (Å²) in [4.78, 5) is 0. The zero-order valence-corrected chi connectivity index (χ0v) is 13.2. The van der Waals surface area contributed by atoms with Gasteiger partial charge < -0.3 is 4.74 Å². The number of aromatic nitrogens is 2. The average molecular weight is 302 g/mol. The highest BCUT2D eigenvalue weighted by Crippen LogP contribution is 2.38. The first-order valence-corrected chi connectivity index (χ1v) is 7.95. The lowest BCUT2D eigenvalue weighted by atomic mass is 9.74. The molecule has 0 bridgehead atoms. The van der Waals surface area contributed by atoms with E-state index in [4.69, 9.17) is 4.74 Å².